The summed E-state index contributed by atoms with van der Waals surface area (Å²) in [6.07, 6.45) is 4.29. The van der Waals surface area contributed by atoms with Crippen LogP contribution in [0.4, 0.5) is 17.4 Å². The standard InChI is InChI=1S/C26H39N5O6/c1-5-11-30(13-15-35-3)26-29-23(18-37-26)25(33)28-22-9-8-19(31-12-6-7-20(31)17-36-4)16-21(22)24(32)27-10-14-34-2/h8-9,16,18,20H,5-7,10-15,17H2,1-4H3,(H,27,32)(H,28,33)/t20-/m1/s1. The molecule has 0 unspecified atom stereocenters. The predicted molar refractivity (Wildman–Crippen MR) is 142 cm³/mol. The lowest BCUT2D eigenvalue weighted by Gasteiger charge is -2.27. The second-order valence-corrected chi connectivity index (χ2v) is 8.87. The van der Waals surface area contributed by atoms with E-state index in [2.05, 4.69) is 27.4 Å². The summed E-state index contributed by atoms with van der Waals surface area (Å²) in [4.78, 5) is 34.7. The van der Waals surface area contributed by atoms with Gasteiger partial charge in [0.15, 0.2) is 5.69 Å². The SMILES string of the molecule is CCCN(CCOC)c1nc(C(=O)Nc2ccc(N3CCC[C@@H]3COC)cc2C(=O)NCCOC)co1. The van der Waals surface area contributed by atoms with E-state index in [9.17, 15) is 9.59 Å². The minimum absolute atomic E-state index is 0.128. The van der Waals surface area contributed by atoms with Gasteiger partial charge in [-0.05, 0) is 37.5 Å². The van der Waals surface area contributed by atoms with Crippen LogP contribution in [-0.4, -0.2) is 90.2 Å². The van der Waals surface area contributed by atoms with Crippen molar-refractivity contribution in [2.45, 2.75) is 32.2 Å². The van der Waals surface area contributed by atoms with Crippen molar-refractivity contribution in [3.05, 3.63) is 35.7 Å². The molecule has 11 heteroatoms. The number of hydrogen-bond acceptors (Lipinski definition) is 9. The summed E-state index contributed by atoms with van der Waals surface area (Å²) in [6, 6.07) is 6.08. The van der Waals surface area contributed by atoms with E-state index < -0.39 is 5.91 Å². The molecule has 0 bridgehead atoms. The molecule has 1 aromatic heterocycles. The average Bonchev–Trinajstić information content (AvgIpc) is 3.57. The highest BCUT2D eigenvalue weighted by Crippen LogP contribution is 2.30. The van der Waals surface area contributed by atoms with Gasteiger partial charge in [0, 0.05) is 53.2 Å². The Hall–Kier alpha value is -3.15. The Labute approximate surface area is 218 Å². The fourth-order valence-electron chi connectivity index (χ4n) is 4.39. The number of hydrogen-bond donors (Lipinski definition) is 2. The van der Waals surface area contributed by atoms with Gasteiger partial charge in [0.2, 0.25) is 0 Å². The molecule has 204 valence electrons. The molecule has 11 nitrogen and oxygen atoms in total. The van der Waals surface area contributed by atoms with E-state index in [0.29, 0.717) is 50.2 Å². The van der Waals surface area contributed by atoms with E-state index in [0.717, 1.165) is 38.0 Å². The maximum Gasteiger partial charge on any atom is 0.298 e. The van der Waals surface area contributed by atoms with E-state index >= 15 is 0 Å². The van der Waals surface area contributed by atoms with Crippen molar-refractivity contribution in [2.75, 3.05) is 82.4 Å². The van der Waals surface area contributed by atoms with Crippen molar-refractivity contribution < 1.29 is 28.2 Å². The largest absolute Gasteiger partial charge is 0.431 e. The lowest BCUT2D eigenvalue weighted by Crippen LogP contribution is -2.33. The zero-order valence-electron chi connectivity index (χ0n) is 22.2. The van der Waals surface area contributed by atoms with E-state index in [4.69, 9.17) is 18.6 Å². The molecule has 2 amide bonds. The Morgan fingerprint density at radius 3 is 2.68 bits per heavy atom. The topological polar surface area (TPSA) is 118 Å². The Kier molecular flexibility index (Phi) is 11.2. The molecule has 2 heterocycles. The number of benzene rings is 1. The second kappa shape index (κ2) is 14.6. The summed E-state index contributed by atoms with van der Waals surface area (Å²) in [5.74, 6) is -0.762. The molecule has 3 rings (SSSR count). The molecule has 1 aliphatic rings. The number of amides is 2. The van der Waals surface area contributed by atoms with Gasteiger partial charge in [-0.2, -0.15) is 4.98 Å². The normalized spacial score (nSPS) is 15.1. The van der Waals surface area contributed by atoms with E-state index in [1.165, 1.54) is 6.26 Å². The smallest absolute Gasteiger partial charge is 0.298 e. The van der Waals surface area contributed by atoms with Gasteiger partial charge < -0.3 is 39.1 Å². The maximum absolute atomic E-state index is 13.1. The zero-order valence-corrected chi connectivity index (χ0v) is 22.2. The van der Waals surface area contributed by atoms with Crippen LogP contribution in [0.15, 0.2) is 28.9 Å². The highest BCUT2D eigenvalue weighted by molar-refractivity contribution is 6.08. The van der Waals surface area contributed by atoms with E-state index in [1.807, 2.05) is 17.0 Å². The lowest BCUT2D eigenvalue weighted by atomic mass is 10.1. The molecule has 0 aliphatic carbocycles. The van der Waals surface area contributed by atoms with Gasteiger partial charge >= 0.3 is 0 Å². The molecule has 0 radical (unpaired) electrons. The number of anilines is 3. The van der Waals surface area contributed by atoms with Crippen molar-refractivity contribution in [1.82, 2.24) is 10.3 Å². The van der Waals surface area contributed by atoms with Gasteiger partial charge in [0.05, 0.1) is 37.1 Å². The fraction of sp³-hybridized carbons (Fsp3) is 0.577. The third-order valence-electron chi connectivity index (χ3n) is 6.21. The second-order valence-electron chi connectivity index (χ2n) is 8.87. The average molecular weight is 518 g/mol. The summed E-state index contributed by atoms with van der Waals surface area (Å²) in [6.45, 7) is 6.11. The number of carbonyl (C=O) groups excluding carboxylic acids is 2. The third-order valence-corrected chi connectivity index (χ3v) is 6.21. The summed E-state index contributed by atoms with van der Waals surface area (Å²) < 4.78 is 21.2. The van der Waals surface area contributed by atoms with Crippen LogP contribution in [0.1, 0.15) is 47.0 Å². The molecule has 2 aromatic rings. The Balaban J connectivity index is 1.82. The summed E-state index contributed by atoms with van der Waals surface area (Å²) in [5.41, 5.74) is 1.79. The molecule has 37 heavy (non-hydrogen) atoms. The molecule has 1 saturated heterocycles. The summed E-state index contributed by atoms with van der Waals surface area (Å²) in [7, 11) is 4.90. The summed E-state index contributed by atoms with van der Waals surface area (Å²) in [5, 5.41) is 5.69. The van der Waals surface area contributed by atoms with Crippen molar-refractivity contribution in [2.24, 2.45) is 0 Å². The molecule has 1 aliphatic heterocycles. The number of carbonyl (C=O) groups is 2. The first kappa shape index (κ1) is 28.4. The van der Waals surface area contributed by atoms with Crippen molar-refractivity contribution in [1.29, 1.82) is 0 Å². The fourth-order valence-corrected chi connectivity index (χ4v) is 4.39. The molecular formula is C26H39N5O6. The molecular weight excluding hydrogens is 478 g/mol. The predicted octanol–water partition coefficient (Wildman–Crippen LogP) is 2.78. The first-order valence-corrected chi connectivity index (χ1v) is 12.7. The molecule has 0 saturated carbocycles. The monoisotopic (exact) mass is 517 g/mol. The molecule has 1 aromatic carbocycles. The van der Waals surface area contributed by atoms with Crippen LogP contribution < -0.4 is 20.4 Å². The first-order chi connectivity index (χ1) is 18.0. The third kappa shape index (κ3) is 7.67. The Morgan fingerprint density at radius 2 is 1.95 bits per heavy atom. The van der Waals surface area contributed by atoms with Gasteiger partial charge in [-0.1, -0.05) is 6.92 Å². The van der Waals surface area contributed by atoms with Gasteiger partial charge in [-0.3, -0.25) is 9.59 Å². The van der Waals surface area contributed by atoms with Crippen LogP contribution in [0.5, 0.6) is 0 Å². The van der Waals surface area contributed by atoms with Gasteiger partial charge in [0.1, 0.15) is 6.26 Å². The zero-order chi connectivity index (χ0) is 26.6. The van der Waals surface area contributed by atoms with Crippen LogP contribution in [-0.2, 0) is 14.2 Å². The maximum atomic E-state index is 13.1. The van der Waals surface area contributed by atoms with Crippen molar-refractivity contribution in [3.8, 4) is 0 Å². The number of nitrogens with zero attached hydrogens (tertiary/aromatic N) is 3. The van der Waals surface area contributed by atoms with Crippen LogP contribution in [0.3, 0.4) is 0 Å². The number of rotatable bonds is 15. The van der Waals surface area contributed by atoms with Crippen LogP contribution >= 0.6 is 0 Å². The summed E-state index contributed by atoms with van der Waals surface area (Å²) >= 11 is 0. The highest BCUT2D eigenvalue weighted by atomic mass is 16.5. The van der Waals surface area contributed by atoms with Crippen molar-refractivity contribution in [3.63, 3.8) is 0 Å². The Bertz CT molecular complexity index is 1010. The molecule has 0 spiro atoms. The number of nitrogens with one attached hydrogen (secondary N) is 2. The lowest BCUT2D eigenvalue weighted by molar-refractivity contribution is 0.0938. The van der Waals surface area contributed by atoms with Crippen LogP contribution in [0.25, 0.3) is 0 Å². The van der Waals surface area contributed by atoms with Crippen LogP contribution in [0, 0.1) is 0 Å². The number of aromatic nitrogens is 1. The minimum atomic E-state index is -0.463. The Morgan fingerprint density at radius 1 is 1.14 bits per heavy atom. The number of methoxy groups -OCH3 is 3. The quantitative estimate of drug-likeness (QED) is 0.344. The molecule has 1 fully saturated rings. The number of oxazole rings is 1. The molecule has 2 N–H and O–H groups in total. The number of ether oxygens (including phenoxy) is 3. The van der Waals surface area contributed by atoms with E-state index in [1.54, 1.807) is 27.4 Å². The van der Waals surface area contributed by atoms with Crippen LogP contribution in [0.2, 0.25) is 0 Å². The van der Waals surface area contributed by atoms with E-state index in [-0.39, 0.29) is 17.6 Å². The minimum Gasteiger partial charge on any atom is -0.431 e. The molecule has 1 atom stereocenters. The van der Waals surface area contributed by atoms with Gasteiger partial charge in [-0.15, -0.1) is 0 Å². The van der Waals surface area contributed by atoms with Gasteiger partial charge in [-0.25, -0.2) is 0 Å². The first-order valence-electron chi connectivity index (χ1n) is 12.7. The van der Waals surface area contributed by atoms with Gasteiger partial charge in [0.25, 0.3) is 17.8 Å². The van der Waals surface area contributed by atoms with Crippen molar-refractivity contribution >= 4 is 29.2 Å². The highest BCUT2D eigenvalue weighted by Gasteiger charge is 2.26.